The van der Waals surface area contributed by atoms with Gasteiger partial charge in [0, 0.05) is 68.3 Å². The number of carbonyl (C=O) groups excluding carboxylic acids is 3. The number of aromatic amines is 4. The molecule has 0 saturated heterocycles. The third kappa shape index (κ3) is 5.14. The zero-order valence-electron chi connectivity index (χ0n) is 34.0. The summed E-state index contributed by atoms with van der Waals surface area (Å²) >= 11 is 0. The van der Waals surface area contributed by atoms with Crippen LogP contribution in [0.25, 0.3) is 44.6 Å². The second-order valence-corrected chi connectivity index (χ2v) is 18.0. The summed E-state index contributed by atoms with van der Waals surface area (Å²) in [7, 11) is 0. The number of H-pyrrole nitrogens is 4. The fraction of sp³-hybridized carbons (Fsp3) is 0.444. The van der Waals surface area contributed by atoms with E-state index in [4.69, 9.17) is 10.2 Å². The minimum absolute atomic E-state index is 0.0463. The standard InChI is InChI=1S/C45H51N9O3/c1-22(2)46-37(55)21-54-36-18-30-28-14-9-12-26-24(4)50-52-41(26)39(28)48-34(30)20-32(36)45(7,43(54)57)15-10-16-53-35-17-29-27-13-8-11-25-23(3)49-51-40(25)38(27)47-33(29)19-31(35)44(5,6)42(53)56/h17-20,22,47-48H,8-16,21H2,1-7H3,(H,46,55)(H,49,51)(H,50,52). The van der Waals surface area contributed by atoms with Crippen molar-refractivity contribution in [3.8, 4) is 22.8 Å². The summed E-state index contributed by atoms with van der Waals surface area (Å²) in [6, 6.07) is 8.59. The lowest BCUT2D eigenvalue weighted by Gasteiger charge is -2.26. The molecule has 0 spiro atoms. The van der Waals surface area contributed by atoms with Gasteiger partial charge in [-0.25, -0.2) is 0 Å². The molecule has 0 bridgehead atoms. The molecule has 3 amide bonds. The van der Waals surface area contributed by atoms with Gasteiger partial charge in [-0.3, -0.25) is 24.6 Å². The Labute approximate surface area is 331 Å². The van der Waals surface area contributed by atoms with Crippen molar-refractivity contribution in [1.29, 1.82) is 0 Å². The number of nitrogens with zero attached hydrogens (tertiary/aromatic N) is 4. The molecule has 294 valence electrons. The maximum Gasteiger partial charge on any atom is 0.240 e. The van der Waals surface area contributed by atoms with Crippen molar-refractivity contribution in [1.82, 2.24) is 35.7 Å². The van der Waals surface area contributed by atoms with Crippen LogP contribution in [0.1, 0.15) is 105 Å². The smallest absolute Gasteiger partial charge is 0.240 e. The molecule has 5 N–H and O–H groups in total. The Morgan fingerprint density at radius 2 is 1.28 bits per heavy atom. The average Bonchev–Trinajstić information content (AvgIpc) is 3.93. The van der Waals surface area contributed by atoms with Gasteiger partial charge in [0.05, 0.1) is 22.2 Å². The van der Waals surface area contributed by atoms with Crippen molar-refractivity contribution in [2.24, 2.45) is 0 Å². The Bertz CT molecular complexity index is 2700. The van der Waals surface area contributed by atoms with E-state index in [1.807, 2.05) is 39.5 Å². The van der Waals surface area contributed by atoms with Gasteiger partial charge in [-0.1, -0.05) is 0 Å². The first kappa shape index (κ1) is 35.7. The van der Waals surface area contributed by atoms with Gasteiger partial charge in [0.2, 0.25) is 17.7 Å². The number of carbonyl (C=O) groups is 3. The van der Waals surface area contributed by atoms with E-state index < -0.39 is 10.8 Å². The van der Waals surface area contributed by atoms with Crippen molar-refractivity contribution in [2.45, 2.75) is 117 Å². The zero-order valence-corrected chi connectivity index (χ0v) is 34.0. The molecule has 10 rings (SSSR count). The normalized spacial score (nSPS) is 19.4. The zero-order chi connectivity index (χ0) is 39.7. The lowest BCUT2D eigenvalue weighted by atomic mass is 9.79. The van der Waals surface area contributed by atoms with Crippen molar-refractivity contribution in [2.75, 3.05) is 22.9 Å². The van der Waals surface area contributed by atoms with Crippen LogP contribution in [0.4, 0.5) is 11.4 Å². The van der Waals surface area contributed by atoms with E-state index in [2.05, 4.69) is 63.6 Å². The van der Waals surface area contributed by atoms with Gasteiger partial charge >= 0.3 is 0 Å². The summed E-state index contributed by atoms with van der Waals surface area (Å²) in [5.41, 5.74) is 15.3. The monoisotopic (exact) mass is 765 g/mol. The highest BCUT2D eigenvalue weighted by molar-refractivity contribution is 6.13. The van der Waals surface area contributed by atoms with Crippen LogP contribution in [-0.2, 0) is 50.9 Å². The summed E-state index contributed by atoms with van der Waals surface area (Å²) in [5, 5.41) is 21.0. The molecule has 0 saturated carbocycles. The van der Waals surface area contributed by atoms with Crippen LogP contribution >= 0.6 is 0 Å². The van der Waals surface area contributed by atoms with E-state index in [9.17, 15) is 14.4 Å². The first-order valence-electron chi connectivity index (χ1n) is 20.7. The molecule has 1 atom stereocenters. The van der Waals surface area contributed by atoms with E-state index >= 15 is 0 Å². The number of nitrogens with one attached hydrogen (secondary N) is 5. The van der Waals surface area contributed by atoms with Crippen LogP contribution in [0.2, 0.25) is 0 Å². The molecule has 6 heterocycles. The van der Waals surface area contributed by atoms with Gasteiger partial charge in [0.1, 0.15) is 17.9 Å². The number of anilines is 2. The molecular weight excluding hydrogens is 715 g/mol. The second kappa shape index (κ2) is 12.4. The molecular formula is C45H51N9O3. The van der Waals surface area contributed by atoms with Gasteiger partial charge in [0.25, 0.3) is 0 Å². The molecule has 2 aliphatic heterocycles. The summed E-state index contributed by atoms with van der Waals surface area (Å²) < 4.78 is 0. The summed E-state index contributed by atoms with van der Waals surface area (Å²) in [5.74, 6) is -0.204. The fourth-order valence-corrected chi connectivity index (χ4v) is 10.5. The van der Waals surface area contributed by atoms with E-state index in [1.165, 1.54) is 22.3 Å². The maximum absolute atomic E-state index is 14.7. The van der Waals surface area contributed by atoms with Gasteiger partial charge in [-0.2, -0.15) is 10.2 Å². The molecule has 12 heteroatoms. The topological polar surface area (TPSA) is 159 Å². The maximum atomic E-state index is 14.7. The van der Waals surface area contributed by atoms with Crippen molar-refractivity contribution < 1.29 is 14.4 Å². The Kier molecular flexibility index (Phi) is 7.79. The van der Waals surface area contributed by atoms with E-state index in [-0.39, 0.29) is 30.3 Å². The SMILES string of the molecule is Cc1[nH]nc2c1CCCc1c-2[nH]c2cc3c(cc12)N(CCCC1(C)C(=O)N(CC(=O)NC(C)C)c2cc4c5c([nH]c4cc21)-c1n[nH]c(C)c1CCC5)C(=O)C3(C)C. The number of aryl methyl sites for hydroxylation is 4. The number of fused-ring (bicyclic) bond motifs is 12. The van der Waals surface area contributed by atoms with Crippen LogP contribution < -0.4 is 15.1 Å². The number of benzene rings is 2. The average molecular weight is 766 g/mol. The molecule has 4 aliphatic rings. The molecule has 2 aromatic carbocycles. The highest BCUT2D eigenvalue weighted by Crippen LogP contribution is 2.50. The van der Waals surface area contributed by atoms with Crippen LogP contribution in [-0.4, -0.2) is 67.2 Å². The second-order valence-electron chi connectivity index (χ2n) is 18.0. The van der Waals surface area contributed by atoms with Crippen LogP contribution in [0, 0.1) is 13.8 Å². The molecule has 0 radical (unpaired) electrons. The number of hydrogen-bond donors (Lipinski definition) is 5. The van der Waals surface area contributed by atoms with Gasteiger partial charge in [-0.15, -0.1) is 0 Å². The molecule has 6 aromatic rings. The lowest BCUT2D eigenvalue weighted by molar-refractivity contribution is -0.126. The van der Waals surface area contributed by atoms with Gasteiger partial charge in [-0.05, 0) is 146 Å². The first-order valence-corrected chi connectivity index (χ1v) is 20.7. The van der Waals surface area contributed by atoms with Crippen molar-refractivity contribution >= 4 is 50.9 Å². The molecule has 0 fully saturated rings. The quantitative estimate of drug-likeness (QED) is 0.116. The summed E-state index contributed by atoms with van der Waals surface area (Å²) in [4.78, 5) is 53.3. The number of rotatable bonds is 7. The highest BCUT2D eigenvalue weighted by Gasteiger charge is 2.49. The lowest BCUT2D eigenvalue weighted by Crippen LogP contribution is -2.45. The minimum atomic E-state index is -0.902. The number of amides is 3. The Morgan fingerprint density at radius 1 is 0.754 bits per heavy atom. The summed E-state index contributed by atoms with van der Waals surface area (Å²) in [6.45, 7) is 14.5. The van der Waals surface area contributed by atoms with Gasteiger partial charge < -0.3 is 25.1 Å². The number of aromatic nitrogens is 6. The Hall–Kier alpha value is -5.65. The van der Waals surface area contributed by atoms with Gasteiger partial charge in [0.15, 0.2) is 0 Å². The first-order chi connectivity index (χ1) is 27.3. The third-order valence-electron chi connectivity index (χ3n) is 13.5. The third-order valence-corrected chi connectivity index (χ3v) is 13.5. The van der Waals surface area contributed by atoms with Crippen molar-refractivity contribution in [3.05, 3.63) is 69.0 Å². The molecule has 57 heavy (non-hydrogen) atoms. The highest BCUT2D eigenvalue weighted by atomic mass is 16.2. The van der Waals surface area contributed by atoms with E-state index in [1.54, 1.807) is 4.90 Å². The molecule has 1 unspecified atom stereocenters. The Morgan fingerprint density at radius 3 is 1.84 bits per heavy atom. The molecule has 12 nitrogen and oxygen atoms in total. The van der Waals surface area contributed by atoms with Crippen LogP contribution in [0.3, 0.4) is 0 Å². The van der Waals surface area contributed by atoms with E-state index in [0.29, 0.717) is 19.4 Å². The Balaban J connectivity index is 1.000. The predicted octanol–water partition coefficient (Wildman–Crippen LogP) is 7.26. The molecule has 4 aromatic heterocycles. The minimum Gasteiger partial charge on any atom is -0.353 e. The van der Waals surface area contributed by atoms with E-state index in [0.717, 1.165) is 117 Å². The molecule has 2 aliphatic carbocycles. The predicted molar refractivity (Wildman–Crippen MR) is 223 cm³/mol. The fourth-order valence-electron chi connectivity index (χ4n) is 10.5. The largest absolute Gasteiger partial charge is 0.353 e. The summed E-state index contributed by atoms with van der Waals surface area (Å²) in [6.07, 6.45) is 6.91. The van der Waals surface area contributed by atoms with Crippen LogP contribution in [0.5, 0.6) is 0 Å². The van der Waals surface area contributed by atoms with Crippen LogP contribution in [0.15, 0.2) is 24.3 Å². The van der Waals surface area contributed by atoms with Crippen molar-refractivity contribution in [3.63, 3.8) is 0 Å². The number of hydrogen-bond acceptors (Lipinski definition) is 5.